The standard InChI is InChI=1S/C34H43ClN6OS/c1-27-9-5-6-19-40(27)20-8-17-36-33(42)30-15-13-29(14-16-30)26-43-34-37-31(35)25-32(38-34)41-23-21-39(22-24-41)18-7-12-28-10-3-2-4-11-28/h2-4,7,10-16,25,27H,5-6,8-9,17-24,26H2,1H3,(H,36,42)/b12-7+. The van der Waals surface area contributed by atoms with Crippen molar-refractivity contribution in [1.29, 1.82) is 0 Å². The minimum absolute atomic E-state index is 0.0129. The fourth-order valence-electron chi connectivity index (χ4n) is 5.65. The molecule has 228 valence electrons. The number of hydrogen-bond donors (Lipinski definition) is 1. The number of piperazine rings is 1. The lowest BCUT2D eigenvalue weighted by molar-refractivity contribution is 0.0949. The Labute approximate surface area is 265 Å². The number of thioether (sulfide) groups is 1. The van der Waals surface area contributed by atoms with E-state index in [1.54, 1.807) is 11.8 Å². The highest BCUT2D eigenvalue weighted by Gasteiger charge is 2.19. The normalized spacial score (nSPS) is 18.3. The van der Waals surface area contributed by atoms with Crippen LogP contribution in [0, 0.1) is 0 Å². The third-order valence-electron chi connectivity index (χ3n) is 8.26. The first kappa shape index (κ1) is 31.5. The van der Waals surface area contributed by atoms with E-state index in [2.05, 4.69) is 68.3 Å². The average molecular weight is 619 g/mol. The zero-order chi connectivity index (χ0) is 29.9. The first-order valence-electron chi connectivity index (χ1n) is 15.5. The number of hydrogen-bond acceptors (Lipinski definition) is 7. The van der Waals surface area contributed by atoms with Gasteiger partial charge in [-0.1, -0.05) is 84.4 Å². The van der Waals surface area contributed by atoms with Crippen LogP contribution in [0.4, 0.5) is 5.82 Å². The van der Waals surface area contributed by atoms with Gasteiger partial charge in [-0.05, 0) is 56.0 Å². The summed E-state index contributed by atoms with van der Waals surface area (Å²) in [4.78, 5) is 29.2. The molecular formula is C34H43ClN6OS. The van der Waals surface area contributed by atoms with E-state index in [9.17, 15) is 4.79 Å². The molecule has 0 aliphatic carbocycles. The first-order chi connectivity index (χ1) is 21.0. The predicted molar refractivity (Wildman–Crippen MR) is 179 cm³/mol. The van der Waals surface area contributed by atoms with Crippen molar-refractivity contribution in [3.63, 3.8) is 0 Å². The smallest absolute Gasteiger partial charge is 0.251 e. The molecule has 2 aliphatic rings. The van der Waals surface area contributed by atoms with E-state index in [1.165, 1.54) is 31.4 Å². The first-order valence-corrected chi connectivity index (χ1v) is 16.9. The van der Waals surface area contributed by atoms with Crippen molar-refractivity contribution in [1.82, 2.24) is 25.1 Å². The maximum atomic E-state index is 12.6. The number of halogens is 1. The fourth-order valence-corrected chi connectivity index (χ4v) is 6.69. The molecule has 0 saturated carbocycles. The number of carbonyl (C=O) groups is 1. The van der Waals surface area contributed by atoms with Gasteiger partial charge in [0.25, 0.3) is 5.91 Å². The van der Waals surface area contributed by atoms with Crippen LogP contribution in [0.5, 0.6) is 0 Å². The number of nitrogens with zero attached hydrogens (tertiary/aromatic N) is 5. The fraction of sp³-hybridized carbons (Fsp3) is 0.441. The molecule has 2 fully saturated rings. The number of nitrogens with one attached hydrogen (secondary N) is 1. The van der Waals surface area contributed by atoms with Gasteiger partial charge in [0, 0.05) is 69.2 Å². The molecule has 0 spiro atoms. The van der Waals surface area contributed by atoms with Gasteiger partial charge in [-0.15, -0.1) is 0 Å². The van der Waals surface area contributed by atoms with Crippen LogP contribution in [0.2, 0.25) is 5.15 Å². The van der Waals surface area contributed by atoms with Crippen LogP contribution < -0.4 is 10.2 Å². The van der Waals surface area contributed by atoms with Crippen LogP contribution in [0.1, 0.15) is 54.1 Å². The van der Waals surface area contributed by atoms with E-state index in [0.717, 1.165) is 57.1 Å². The Balaban J connectivity index is 1.04. The minimum atomic E-state index is -0.0129. The molecule has 43 heavy (non-hydrogen) atoms. The molecule has 1 atom stereocenters. The van der Waals surface area contributed by atoms with Crippen LogP contribution in [-0.4, -0.2) is 84.1 Å². The molecule has 1 aromatic heterocycles. The summed E-state index contributed by atoms with van der Waals surface area (Å²) in [6.45, 7) is 9.93. The van der Waals surface area contributed by atoms with Crippen LogP contribution in [0.25, 0.3) is 6.08 Å². The Hall–Kier alpha value is -2.91. The van der Waals surface area contributed by atoms with Crippen molar-refractivity contribution in [2.75, 3.05) is 57.3 Å². The van der Waals surface area contributed by atoms with Gasteiger partial charge >= 0.3 is 0 Å². The summed E-state index contributed by atoms with van der Waals surface area (Å²) in [7, 11) is 0. The molecular weight excluding hydrogens is 576 g/mol. The molecule has 1 amide bonds. The van der Waals surface area contributed by atoms with E-state index in [4.69, 9.17) is 16.6 Å². The predicted octanol–water partition coefficient (Wildman–Crippen LogP) is 6.25. The average Bonchev–Trinajstić information content (AvgIpc) is 3.03. The largest absolute Gasteiger partial charge is 0.354 e. The van der Waals surface area contributed by atoms with Crippen LogP contribution in [-0.2, 0) is 5.75 Å². The van der Waals surface area contributed by atoms with Crippen molar-refractivity contribution in [2.45, 2.75) is 49.6 Å². The van der Waals surface area contributed by atoms with Crippen molar-refractivity contribution in [3.05, 3.63) is 88.6 Å². The molecule has 5 rings (SSSR count). The molecule has 9 heteroatoms. The van der Waals surface area contributed by atoms with Crippen molar-refractivity contribution < 1.29 is 4.79 Å². The number of carbonyl (C=O) groups excluding carboxylic acids is 1. The Morgan fingerprint density at radius 1 is 1.02 bits per heavy atom. The lowest BCUT2D eigenvalue weighted by atomic mass is 10.0. The number of aromatic nitrogens is 2. The SMILES string of the molecule is CC1CCCCN1CCCNC(=O)c1ccc(CSc2nc(Cl)cc(N3CCN(C/C=C/c4ccccc4)CC3)n2)cc1. The molecule has 3 aromatic rings. The van der Waals surface area contributed by atoms with Gasteiger partial charge in [0.05, 0.1) is 0 Å². The quantitative estimate of drug-likeness (QED) is 0.111. The molecule has 0 radical (unpaired) electrons. The highest BCUT2D eigenvalue weighted by Crippen LogP contribution is 2.25. The van der Waals surface area contributed by atoms with Gasteiger partial charge in [-0.25, -0.2) is 9.97 Å². The lowest BCUT2D eigenvalue weighted by Gasteiger charge is -2.35. The van der Waals surface area contributed by atoms with E-state index in [1.807, 2.05) is 36.4 Å². The third kappa shape index (κ3) is 9.80. The summed E-state index contributed by atoms with van der Waals surface area (Å²) in [6, 6.07) is 20.7. The van der Waals surface area contributed by atoms with Gasteiger partial charge in [-0.2, -0.15) is 0 Å². The number of piperidine rings is 1. The van der Waals surface area contributed by atoms with E-state index >= 15 is 0 Å². The lowest BCUT2D eigenvalue weighted by Crippen LogP contribution is -2.46. The van der Waals surface area contributed by atoms with Crippen molar-refractivity contribution in [2.24, 2.45) is 0 Å². The molecule has 1 N–H and O–H groups in total. The van der Waals surface area contributed by atoms with Gasteiger partial charge in [0.15, 0.2) is 5.16 Å². The van der Waals surface area contributed by atoms with E-state index in [-0.39, 0.29) is 5.91 Å². The van der Waals surface area contributed by atoms with Crippen LogP contribution >= 0.6 is 23.4 Å². The van der Waals surface area contributed by atoms with Gasteiger partial charge in [0.2, 0.25) is 0 Å². The summed E-state index contributed by atoms with van der Waals surface area (Å²) in [5, 5.41) is 4.21. The Bertz CT molecular complexity index is 1330. The highest BCUT2D eigenvalue weighted by molar-refractivity contribution is 7.98. The van der Waals surface area contributed by atoms with Gasteiger partial charge < -0.3 is 15.1 Å². The maximum Gasteiger partial charge on any atom is 0.251 e. The molecule has 0 bridgehead atoms. The molecule has 2 aromatic carbocycles. The van der Waals surface area contributed by atoms with Gasteiger partial charge in [-0.3, -0.25) is 9.69 Å². The zero-order valence-electron chi connectivity index (χ0n) is 25.1. The summed E-state index contributed by atoms with van der Waals surface area (Å²) < 4.78 is 0. The summed E-state index contributed by atoms with van der Waals surface area (Å²) >= 11 is 7.97. The molecule has 2 saturated heterocycles. The molecule has 1 unspecified atom stereocenters. The number of anilines is 1. The summed E-state index contributed by atoms with van der Waals surface area (Å²) in [5.41, 5.74) is 3.03. The van der Waals surface area contributed by atoms with E-state index < -0.39 is 0 Å². The Kier molecular flexibility index (Phi) is 11.9. The summed E-state index contributed by atoms with van der Waals surface area (Å²) in [6.07, 6.45) is 9.31. The third-order valence-corrected chi connectivity index (χ3v) is 9.37. The molecule has 7 nitrogen and oxygen atoms in total. The van der Waals surface area contributed by atoms with Crippen LogP contribution in [0.3, 0.4) is 0 Å². The monoisotopic (exact) mass is 618 g/mol. The number of benzene rings is 2. The van der Waals surface area contributed by atoms with Crippen molar-refractivity contribution >= 4 is 41.2 Å². The Morgan fingerprint density at radius 3 is 2.58 bits per heavy atom. The number of likely N-dealkylation sites (tertiary alicyclic amines) is 1. The zero-order valence-corrected chi connectivity index (χ0v) is 26.7. The second kappa shape index (κ2) is 16.2. The second-order valence-electron chi connectivity index (χ2n) is 11.4. The van der Waals surface area contributed by atoms with Gasteiger partial charge in [0.1, 0.15) is 11.0 Å². The number of amides is 1. The topological polar surface area (TPSA) is 64.6 Å². The van der Waals surface area contributed by atoms with E-state index in [0.29, 0.717) is 34.2 Å². The summed E-state index contributed by atoms with van der Waals surface area (Å²) in [5.74, 6) is 1.57. The second-order valence-corrected chi connectivity index (χ2v) is 12.7. The Morgan fingerprint density at radius 2 is 1.81 bits per heavy atom. The molecule has 3 heterocycles. The molecule has 2 aliphatic heterocycles. The van der Waals surface area contributed by atoms with Crippen molar-refractivity contribution in [3.8, 4) is 0 Å². The van der Waals surface area contributed by atoms with Crippen LogP contribution in [0.15, 0.2) is 71.9 Å². The number of rotatable bonds is 12. The minimum Gasteiger partial charge on any atom is -0.354 e. The maximum absolute atomic E-state index is 12.6. The highest BCUT2D eigenvalue weighted by atomic mass is 35.5.